The normalized spacial score (nSPS) is 15.5. The lowest BCUT2D eigenvalue weighted by atomic mass is 9.95. The number of methoxy groups -OCH3 is 1. The van der Waals surface area contributed by atoms with Gasteiger partial charge in [0, 0.05) is 12.1 Å². The maximum atomic E-state index is 13.5. The van der Waals surface area contributed by atoms with Gasteiger partial charge in [-0.3, -0.25) is 19.5 Å². The van der Waals surface area contributed by atoms with Gasteiger partial charge in [-0.2, -0.15) is 0 Å². The van der Waals surface area contributed by atoms with Crippen LogP contribution in [0.5, 0.6) is 5.75 Å². The molecule has 3 aromatic rings. The van der Waals surface area contributed by atoms with Gasteiger partial charge in [0.15, 0.2) is 4.80 Å². The maximum absolute atomic E-state index is 13.5. The molecule has 0 saturated heterocycles. The molecule has 0 amide bonds. The molecule has 0 spiro atoms. The van der Waals surface area contributed by atoms with Gasteiger partial charge in [-0.15, -0.1) is 0 Å². The van der Waals surface area contributed by atoms with Gasteiger partial charge in [0.25, 0.3) is 11.2 Å². The van der Waals surface area contributed by atoms with Crippen LogP contribution < -0.4 is 19.6 Å². The number of non-ortho nitro benzene ring substituents is 1. The Kier molecular flexibility index (Phi) is 6.42. The predicted molar refractivity (Wildman–Crippen MR) is 126 cm³/mol. The van der Waals surface area contributed by atoms with E-state index in [2.05, 4.69) is 4.99 Å². The number of aromatic nitrogens is 1. The van der Waals surface area contributed by atoms with Crippen LogP contribution in [0.1, 0.15) is 31.0 Å². The summed E-state index contributed by atoms with van der Waals surface area (Å²) in [7, 11) is 1.57. The van der Waals surface area contributed by atoms with Gasteiger partial charge in [-0.05, 0) is 43.2 Å². The van der Waals surface area contributed by atoms with E-state index in [1.165, 1.54) is 34.1 Å². The summed E-state index contributed by atoms with van der Waals surface area (Å²) in [6.45, 7) is 3.48. The van der Waals surface area contributed by atoms with Crippen molar-refractivity contribution in [2.45, 2.75) is 19.9 Å². The number of carbonyl (C=O) groups is 1. The van der Waals surface area contributed by atoms with E-state index in [0.29, 0.717) is 26.3 Å². The molecule has 1 atom stereocenters. The first-order valence-electron chi connectivity index (χ1n) is 10.4. The zero-order valence-corrected chi connectivity index (χ0v) is 19.5. The van der Waals surface area contributed by atoms with E-state index in [-0.39, 0.29) is 23.4 Å². The number of esters is 1. The van der Waals surface area contributed by atoms with E-state index in [4.69, 9.17) is 9.47 Å². The molecule has 0 N–H and O–H groups in total. The third-order valence-corrected chi connectivity index (χ3v) is 6.31. The van der Waals surface area contributed by atoms with Gasteiger partial charge < -0.3 is 9.47 Å². The second kappa shape index (κ2) is 9.44. The summed E-state index contributed by atoms with van der Waals surface area (Å²) in [4.78, 5) is 42.2. The number of carbonyl (C=O) groups excluding carboxylic acids is 1. The Balaban J connectivity index is 1.94. The minimum atomic E-state index is -0.909. The summed E-state index contributed by atoms with van der Waals surface area (Å²) < 4.78 is 12.2. The fourth-order valence-corrected chi connectivity index (χ4v) is 4.81. The van der Waals surface area contributed by atoms with Crippen LogP contribution in [-0.2, 0) is 9.53 Å². The molecule has 0 bridgehead atoms. The highest BCUT2D eigenvalue weighted by atomic mass is 32.1. The number of thiazole rings is 1. The molecule has 0 radical (unpaired) electrons. The number of nitrogens with zero attached hydrogens (tertiary/aromatic N) is 3. The average molecular weight is 480 g/mol. The van der Waals surface area contributed by atoms with Gasteiger partial charge in [0.2, 0.25) is 0 Å². The van der Waals surface area contributed by atoms with E-state index < -0.39 is 16.9 Å². The SMILES string of the molecule is CCOC(=O)C1=C(C)N=c2s/c(=C\c3ccc(OC)cc3)c(=O)n2[C@@H]1c1cccc([N+](=O)[O-])c1. The van der Waals surface area contributed by atoms with Crippen LogP contribution in [0.4, 0.5) is 5.69 Å². The molecule has 2 aromatic carbocycles. The van der Waals surface area contributed by atoms with E-state index in [1.807, 2.05) is 12.1 Å². The van der Waals surface area contributed by atoms with Crippen molar-refractivity contribution < 1.29 is 19.2 Å². The summed E-state index contributed by atoms with van der Waals surface area (Å²) >= 11 is 1.18. The zero-order valence-electron chi connectivity index (χ0n) is 18.7. The van der Waals surface area contributed by atoms with E-state index in [1.54, 1.807) is 45.2 Å². The van der Waals surface area contributed by atoms with E-state index in [9.17, 15) is 19.7 Å². The molecule has 1 aromatic heterocycles. The van der Waals surface area contributed by atoms with Crippen molar-refractivity contribution in [1.29, 1.82) is 0 Å². The number of rotatable bonds is 6. The van der Waals surface area contributed by atoms with Crippen molar-refractivity contribution in [3.63, 3.8) is 0 Å². The molecule has 10 heteroatoms. The Hall–Kier alpha value is -4.05. The summed E-state index contributed by atoms with van der Waals surface area (Å²) in [6.07, 6.45) is 1.73. The summed E-state index contributed by atoms with van der Waals surface area (Å²) in [6, 6.07) is 12.2. The van der Waals surface area contributed by atoms with Crippen LogP contribution in [0.25, 0.3) is 6.08 Å². The minimum Gasteiger partial charge on any atom is -0.497 e. The zero-order chi connectivity index (χ0) is 24.4. The van der Waals surface area contributed by atoms with Gasteiger partial charge >= 0.3 is 5.97 Å². The topological polar surface area (TPSA) is 113 Å². The molecule has 174 valence electrons. The molecule has 34 heavy (non-hydrogen) atoms. The van der Waals surface area contributed by atoms with Crippen molar-refractivity contribution >= 4 is 29.1 Å². The standard InChI is InChI=1S/C24H21N3O6S/c1-4-33-23(29)20-14(2)25-24-26(21(20)16-6-5-7-17(13-16)27(30)31)22(28)19(34-24)12-15-8-10-18(32-3)11-9-15/h5-13,21H,4H2,1-3H3/b19-12-/t21-/m1/s1. The summed E-state index contributed by atoms with van der Waals surface area (Å²) in [5.41, 5.74) is 1.28. The lowest BCUT2D eigenvalue weighted by Gasteiger charge is -2.24. The highest BCUT2D eigenvalue weighted by molar-refractivity contribution is 7.07. The average Bonchev–Trinajstić information content (AvgIpc) is 3.13. The highest BCUT2D eigenvalue weighted by Gasteiger charge is 2.34. The van der Waals surface area contributed by atoms with Crippen LogP contribution >= 0.6 is 11.3 Å². The molecule has 1 aliphatic rings. The Morgan fingerprint density at radius 3 is 2.65 bits per heavy atom. The fraction of sp³-hybridized carbons (Fsp3) is 0.208. The molecule has 1 aliphatic heterocycles. The first-order chi connectivity index (χ1) is 16.3. The van der Waals surface area contributed by atoms with Gasteiger partial charge in [-0.1, -0.05) is 35.6 Å². The number of benzene rings is 2. The Morgan fingerprint density at radius 2 is 2.00 bits per heavy atom. The monoisotopic (exact) mass is 479 g/mol. The molecule has 0 aliphatic carbocycles. The number of allylic oxidation sites excluding steroid dienone is 1. The van der Waals surface area contributed by atoms with Gasteiger partial charge in [0.05, 0.1) is 40.5 Å². The molecule has 4 rings (SSSR count). The molecule has 0 unspecified atom stereocenters. The first-order valence-corrected chi connectivity index (χ1v) is 11.2. The molecular weight excluding hydrogens is 458 g/mol. The third-order valence-electron chi connectivity index (χ3n) is 5.33. The fourth-order valence-electron chi connectivity index (χ4n) is 3.77. The number of ether oxygens (including phenoxy) is 2. The van der Waals surface area contributed by atoms with Crippen LogP contribution in [0.2, 0.25) is 0 Å². The quantitative estimate of drug-likeness (QED) is 0.305. The van der Waals surface area contributed by atoms with Crippen molar-refractivity contribution in [3.05, 3.63) is 101 Å². The lowest BCUT2D eigenvalue weighted by molar-refractivity contribution is -0.384. The number of hydrogen-bond acceptors (Lipinski definition) is 8. The second-order valence-electron chi connectivity index (χ2n) is 7.43. The Labute approximate surface area is 198 Å². The van der Waals surface area contributed by atoms with E-state index in [0.717, 1.165) is 5.56 Å². The van der Waals surface area contributed by atoms with Crippen molar-refractivity contribution in [2.75, 3.05) is 13.7 Å². The van der Waals surface area contributed by atoms with Crippen molar-refractivity contribution in [1.82, 2.24) is 4.57 Å². The Bertz CT molecular complexity index is 1480. The molecular formula is C24H21N3O6S. The third kappa shape index (κ3) is 4.27. The van der Waals surface area contributed by atoms with Crippen LogP contribution in [0.15, 0.2) is 69.6 Å². The maximum Gasteiger partial charge on any atom is 0.338 e. The molecule has 0 fully saturated rings. The predicted octanol–water partition coefficient (Wildman–Crippen LogP) is 2.72. The smallest absolute Gasteiger partial charge is 0.338 e. The lowest BCUT2D eigenvalue weighted by Crippen LogP contribution is -2.39. The minimum absolute atomic E-state index is 0.138. The molecule has 9 nitrogen and oxygen atoms in total. The van der Waals surface area contributed by atoms with Gasteiger partial charge in [0.1, 0.15) is 5.75 Å². The number of hydrogen-bond donors (Lipinski definition) is 0. The second-order valence-corrected chi connectivity index (χ2v) is 8.44. The van der Waals surface area contributed by atoms with Crippen LogP contribution in [-0.4, -0.2) is 29.2 Å². The van der Waals surface area contributed by atoms with Crippen molar-refractivity contribution in [3.8, 4) is 5.75 Å². The number of nitro benzene ring substituents is 1. The van der Waals surface area contributed by atoms with Crippen molar-refractivity contribution in [2.24, 2.45) is 4.99 Å². The molecule has 2 heterocycles. The first kappa shape index (κ1) is 23.1. The molecule has 0 saturated carbocycles. The van der Waals surface area contributed by atoms with Gasteiger partial charge in [-0.25, -0.2) is 9.79 Å². The van der Waals surface area contributed by atoms with Crippen LogP contribution in [0.3, 0.4) is 0 Å². The van der Waals surface area contributed by atoms with Crippen LogP contribution in [0, 0.1) is 10.1 Å². The largest absolute Gasteiger partial charge is 0.497 e. The Morgan fingerprint density at radius 1 is 1.26 bits per heavy atom. The summed E-state index contributed by atoms with van der Waals surface area (Å²) in [5, 5.41) is 11.4. The van der Waals surface area contributed by atoms with E-state index >= 15 is 0 Å². The summed E-state index contributed by atoms with van der Waals surface area (Å²) in [5.74, 6) is 0.0728. The number of nitro groups is 1. The number of fused-ring (bicyclic) bond motifs is 1. The highest BCUT2D eigenvalue weighted by Crippen LogP contribution is 2.32.